The lowest BCUT2D eigenvalue weighted by molar-refractivity contribution is -0.112. The molecule has 5 heteroatoms. The summed E-state index contributed by atoms with van der Waals surface area (Å²) >= 11 is 0. The number of likely N-dealkylation sites (N-methyl/N-ethyl adjacent to an activating group) is 1. The van der Waals surface area contributed by atoms with Crippen LogP contribution in [0.25, 0.3) is 28.2 Å². The van der Waals surface area contributed by atoms with Crippen LogP contribution >= 0.6 is 0 Å². The van der Waals surface area contributed by atoms with E-state index in [0.717, 1.165) is 11.3 Å². The van der Waals surface area contributed by atoms with Crippen molar-refractivity contribution in [3.63, 3.8) is 0 Å². The van der Waals surface area contributed by atoms with E-state index in [2.05, 4.69) is 0 Å². The molecule has 0 unspecified atom stereocenters. The smallest absolute Gasteiger partial charge is 0.266 e. The summed E-state index contributed by atoms with van der Waals surface area (Å²) in [6.07, 6.45) is 1.73. The van der Waals surface area contributed by atoms with Gasteiger partial charge in [0.05, 0.1) is 27.9 Å². The normalized spacial score (nSPS) is 14.5. The molecule has 5 rings (SSSR count). The minimum absolute atomic E-state index is 0.0827. The predicted octanol–water partition coefficient (Wildman–Crippen LogP) is 4.29. The van der Waals surface area contributed by atoms with E-state index in [9.17, 15) is 9.59 Å². The van der Waals surface area contributed by atoms with Crippen molar-refractivity contribution < 1.29 is 4.79 Å². The number of carbonyl (C=O) groups excluding carboxylic acids is 1. The molecule has 1 amide bonds. The van der Waals surface area contributed by atoms with Crippen molar-refractivity contribution in [1.29, 1.82) is 0 Å². The zero-order valence-corrected chi connectivity index (χ0v) is 16.4. The summed E-state index contributed by atoms with van der Waals surface area (Å²) in [5.74, 6) is 0.349. The molecule has 0 spiro atoms. The van der Waals surface area contributed by atoms with Crippen LogP contribution in [0, 0.1) is 0 Å². The van der Waals surface area contributed by atoms with Crippen LogP contribution in [0.3, 0.4) is 0 Å². The Labute approximate surface area is 173 Å². The third-order valence-corrected chi connectivity index (χ3v) is 5.37. The summed E-state index contributed by atoms with van der Waals surface area (Å²) in [4.78, 5) is 33.0. The van der Waals surface area contributed by atoms with Crippen LogP contribution in [0.1, 0.15) is 18.3 Å². The summed E-state index contributed by atoms with van der Waals surface area (Å²) in [6, 6.07) is 24.4. The zero-order valence-electron chi connectivity index (χ0n) is 16.4. The highest BCUT2D eigenvalue weighted by molar-refractivity contribution is 6.35. The van der Waals surface area contributed by atoms with Crippen molar-refractivity contribution >= 4 is 34.1 Å². The van der Waals surface area contributed by atoms with Crippen molar-refractivity contribution in [2.75, 3.05) is 11.4 Å². The summed E-state index contributed by atoms with van der Waals surface area (Å²) in [6.45, 7) is 2.52. The van der Waals surface area contributed by atoms with Gasteiger partial charge in [-0.2, -0.15) is 0 Å². The van der Waals surface area contributed by atoms with Crippen LogP contribution in [0.5, 0.6) is 0 Å². The molecular weight excluding hydrogens is 374 g/mol. The predicted molar refractivity (Wildman–Crippen MR) is 120 cm³/mol. The number of amides is 1. The summed E-state index contributed by atoms with van der Waals surface area (Å²) in [7, 11) is 0. The highest BCUT2D eigenvalue weighted by Gasteiger charge is 2.31. The van der Waals surface area contributed by atoms with E-state index in [4.69, 9.17) is 4.98 Å². The Morgan fingerprint density at radius 2 is 1.57 bits per heavy atom. The van der Waals surface area contributed by atoms with Gasteiger partial charge in [-0.3, -0.25) is 14.2 Å². The van der Waals surface area contributed by atoms with Crippen LogP contribution in [0.15, 0.2) is 83.7 Å². The van der Waals surface area contributed by atoms with Crippen LogP contribution in [0.4, 0.5) is 5.69 Å². The van der Waals surface area contributed by atoms with Crippen molar-refractivity contribution in [2.45, 2.75) is 6.92 Å². The van der Waals surface area contributed by atoms with E-state index in [-0.39, 0.29) is 11.5 Å². The molecule has 0 atom stereocenters. The molecule has 0 fully saturated rings. The lowest BCUT2D eigenvalue weighted by atomic mass is 10.1. The molecule has 1 aliphatic rings. The van der Waals surface area contributed by atoms with Crippen LogP contribution in [0.2, 0.25) is 0 Å². The number of hydrogen-bond acceptors (Lipinski definition) is 3. The molecule has 5 nitrogen and oxygen atoms in total. The van der Waals surface area contributed by atoms with Gasteiger partial charge in [0.25, 0.3) is 11.5 Å². The van der Waals surface area contributed by atoms with Gasteiger partial charge < -0.3 is 4.90 Å². The number of carbonyl (C=O) groups is 1. The van der Waals surface area contributed by atoms with Gasteiger partial charge in [0.1, 0.15) is 5.82 Å². The molecule has 1 aromatic heterocycles. The third kappa shape index (κ3) is 2.75. The van der Waals surface area contributed by atoms with Crippen molar-refractivity contribution in [2.24, 2.45) is 0 Å². The summed E-state index contributed by atoms with van der Waals surface area (Å²) < 4.78 is 1.57. The van der Waals surface area contributed by atoms with E-state index < -0.39 is 0 Å². The Morgan fingerprint density at radius 1 is 0.867 bits per heavy atom. The lowest BCUT2D eigenvalue weighted by Crippen LogP contribution is -2.26. The van der Waals surface area contributed by atoms with Crippen LogP contribution < -0.4 is 10.5 Å². The molecule has 2 heterocycles. The fraction of sp³-hybridized carbons (Fsp3) is 0.0800. The first-order chi connectivity index (χ1) is 14.7. The average molecular weight is 393 g/mol. The van der Waals surface area contributed by atoms with Gasteiger partial charge in [-0.05, 0) is 43.3 Å². The molecule has 0 bridgehead atoms. The third-order valence-electron chi connectivity index (χ3n) is 5.37. The van der Waals surface area contributed by atoms with Gasteiger partial charge >= 0.3 is 0 Å². The van der Waals surface area contributed by atoms with E-state index in [1.54, 1.807) is 21.6 Å². The van der Waals surface area contributed by atoms with Crippen molar-refractivity contribution in [3.05, 3.63) is 101 Å². The van der Waals surface area contributed by atoms with E-state index >= 15 is 0 Å². The van der Waals surface area contributed by atoms with Crippen molar-refractivity contribution in [1.82, 2.24) is 9.55 Å². The first-order valence-corrected chi connectivity index (χ1v) is 9.89. The van der Waals surface area contributed by atoms with E-state index in [0.29, 0.717) is 34.5 Å². The zero-order chi connectivity index (χ0) is 20.7. The Balaban J connectivity index is 1.82. The Kier molecular flexibility index (Phi) is 4.29. The number of fused-ring (bicyclic) bond motifs is 2. The number of anilines is 1. The molecule has 3 aromatic carbocycles. The second kappa shape index (κ2) is 7.12. The second-order valence-electron chi connectivity index (χ2n) is 7.09. The number of para-hydroxylation sites is 3. The SMILES string of the molecule is CCN1C(=O)/C(=C\c2nc3ccccc3c(=O)n2-c2ccccc2)c2ccccc21. The van der Waals surface area contributed by atoms with Gasteiger partial charge in [-0.15, -0.1) is 0 Å². The molecule has 0 aliphatic carbocycles. The van der Waals surface area contributed by atoms with Gasteiger partial charge in [-0.25, -0.2) is 4.98 Å². The molecular formula is C25H19N3O2. The van der Waals surface area contributed by atoms with Gasteiger partial charge in [0.2, 0.25) is 0 Å². The number of rotatable bonds is 3. The standard InChI is InChI=1S/C25H19N3O2/c1-2-27-22-15-9-7-12-18(22)20(24(27)29)16-23-26-21-14-8-6-13-19(21)25(30)28(23)17-10-4-3-5-11-17/h3-16H,2H2,1H3/b20-16-. The first kappa shape index (κ1) is 18.1. The Bertz CT molecular complexity index is 1370. The van der Waals surface area contributed by atoms with Gasteiger partial charge in [-0.1, -0.05) is 48.5 Å². The van der Waals surface area contributed by atoms with E-state index in [1.165, 1.54) is 0 Å². The molecule has 30 heavy (non-hydrogen) atoms. The molecule has 1 aliphatic heterocycles. The average Bonchev–Trinajstić information content (AvgIpc) is 3.05. The second-order valence-corrected chi connectivity index (χ2v) is 7.09. The maximum Gasteiger partial charge on any atom is 0.266 e. The quantitative estimate of drug-likeness (QED) is 0.488. The monoisotopic (exact) mass is 393 g/mol. The minimum Gasteiger partial charge on any atom is -0.308 e. The molecule has 0 radical (unpaired) electrons. The summed E-state index contributed by atoms with van der Waals surface area (Å²) in [5, 5.41) is 0.539. The lowest BCUT2D eigenvalue weighted by Gasteiger charge is -2.13. The van der Waals surface area contributed by atoms with E-state index in [1.807, 2.05) is 79.7 Å². The summed E-state index contributed by atoms with van der Waals surface area (Å²) in [5.41, 5.74) is 3.42. The maximum atomic E-state index is 13.4. The minimum atomic E-state index is -0.162. The van der Waals surface area contributed by atoms with Gasteiger partial charge in [0.15, 0.2) is 0 Å². The fourth-order valence-corrected chi connectivity index (χ4v) is 3.96. The number of nitrogens with zero attached hydrogens (tertiary/aromatic N) is 3. The molecule has 0 saturated carbocycles. The number of aromatic nitrogens is 2. The highest BCUT2D eigenvalue weighted by Crippen LogP contribution is 2.37. The van der Waals surface area contributed by atoms with Crippen molar-refractivity contribution in [3.8, 4) is 5.69 Å². The number of hydrogen-bond donors (Lipinski definition) is 0. The first-order valence-electron chi connectivity index (χ1n) is 9.89. The topological polar surface area (TPSA) is 55.2 Å². The van der Waals surface area contributed by atoms with Crippen LogP contribution in [-0.4, -0.2) is 22.0 Å². The fourth-order valence-electron chi connectivity index (χ4n) is 3.96. The number of benzene rings is 3. The van der Waals surface area contributed by atoms with Gasteiger partial charge in [0, 0.05) is 12.1 Å². The largest absolute Gasteiger partial charge is 0.308 e. The highest BCUT2D eigenvalue weighted by atomic mass is 16.2. The Morgan fingerprint density at radius 3 is 2.37 bits per heavy atom. The molecule has 4 aromatic rings. The van der Waals surface area contributed by atoms with Crippen LogP contribution in [-0.2, 0) is 4.79 Å². The molecule has 146 valence electrons. The Hall–Kier alpha value is -3.99. The molecule has 0 saturated heterocycles. The maximum absolute atomic E-state index is 13.4. The molecule has 0 N–H and O–H groups in total.